The monoisotopic (exact) mass is 372 g/mol. The molecule has 0 aliphatic carbocycles. The number of aromatic nitrogens is 2. The maximum absolute atomic E-state index is 12.6. The van der Waals surface area contributed by atoms with Gasteiger partial charge in [-0.15, -0.1) is 10.2 Å². The second kappa shape index (κ2) is 6.79. The smallest absolute Gasteiger partial charge is 0.231 e. The van der Waals surface area contributed by atoms with Crippen molar-refractivity contribution in [1.82, 2.24) is 10.2 Å². The van der Waals surface area contributed by atoms with Crippen molar-refractivity contribution in [3.63, 3.8) is 0 Å². The van der Waals surface area contributed by atoms with Crippen LogP contribution in [0.15, 0.2) is 18.2 Å². The van der Waals surface area contributed by atoms with Crippen molar-refractivity contribution in [1.29, 1.82) is 0 Å². The predicted octanol–water partition coefficient (Wildman–Crippen LogP) is 3.44. The van der Waals surface area contributed by atoms with Crippen LogP contribution in [0.5, 0.6) is 0 Å². The summed E-state index contributed by atoms with van der Waals surface area (Å²) in [6, 6.07) is 5.93. The average Bonchev–Trinajstić information content (AvgIpc) is 3.16. The topological polar surface area (TPSA) is 75.2 Å². The number of hydrogen-bond donors (Lipinski definition) is 1. The summed E-state index contributed by atoms with van der Waals surface area (Å²) in [5.41, 5.74) is 3.05. The lowest BCUT2D eigenvalue weighted by atomic mass is 9.98. The van der Waals surface area contributed by atoms with Gasteiger partial charge in [-0.25, -0.2) is 0 Å². The quantitative estimate of drug-likeness (QED) is 0.895. The Labute approximate surface area is 157 Å². The Hall–Kier alpha value is -2.28. The molecule has 2 aromatic rings. The van der Waals surface area contributed by atoms with E-state index < -0.39 is 0 Å². The van der Waals surface area contributed by atoms with Gasteiger partial charge in [0.05, 0.1) is 5.92 Å². The number of aryl methyl sites for hydroxylation is 2. The van der Waals surface area contributed by atoms with Crippen molar-refractivity contribution >= 4 is 34.0 Å². The van der Waals surface area contributed by atoms with Crippen LogP contribution in [0.25, 0.3) is 0 Å². The summed E-state index contributed by atoms with van der Waals surface area (Å²) >= 11 is 1.38. The first-order chi connectivity index (χ1) is 12.1. The molecule has 1 N–H and O–H groups in total. The van der Waals surface area contributed by atoms with Crippen molar-refractivity contribution in [3.8, 4) is 0 Å². The van der Waals surface area contributed by atoms with Crippen LogP contribution >= 0.6 is 11.3 Å². The van der Waals surface area contributed by atoms with E-state index in [1.54, 1.807) is 4.90 Å². The fourth-order valence-corrected chi connectivity index (χ4v) is 3.61. The first-order valence-electron chi connectivity index (χ1n) is 8.67. The molecule has 2 amide bonds. The number of anilines is 2. The zero-order valence-electron chi connectivity index (χ0n) is 15.8. The molecule has 0 saturated carbocycles. The highest BCUT2D eigenvalue weighted by atomic mass is 32.1. The van der Waals surface area contributed by atoms with Crippen LogP contribution in [-0.4, -0.2) is 28.6 Å². The molecule has 1 fully saturated rings. The maximum atomic E-state index is 12.6. The second-order valence-electron chi connectivity index (χ2n) is 7.83. The number of carbonyl (C=O) groups is 2. The highest BCUT2D eigenvalue weighted by Gasteiger charge is 2.35. The first kappa shape index (κ1) is 18.5. The van der Waals surface area contributed by atoms with E-state index in [1.165, 1.54) is 16.9 Å². The Morgan fingerprint density at radius 1 is 1.23 bits per heavy atom. The van der Waals surface area contributed by atoms with Crippen LogP contribution in [0, 0.1) is 19.8 Å². The van der Waals surface area contributed by atoms with E-state index in [-0.39, 0.29) is 29.6 Å². The van der Waals surface area contributed by atoms with Crippen LogP contribution in [0.2, 0.25) is 0 Å². The summed E-state index contributed by atoms with van der Waals surface area (Å²) in [7, 11) is 0. The van der Waals surface area contributed by atoms with E-state index in [1.807, 2.05) is 32.0 Å². The molecule has 26 heavy (non-hydrogen) atoms. The molecule has 2 heterocycles. The highest BCUT2D eigenvalue weighted by Crippen LogP contribution is 2.30. The second-order valence-corrected chi connectivity index (χ2v) is 8.80. The number of benzene rings is 1. The van der Waals surface area contributed by atoms with E-state index in [0.717, 1.165) is 16.3 Å². The third-order valence-corrected chi connectivity index (χ3v) is 5.86. The molecule has 3 rings (SSSR count). The van der Waals surface area contributed by atoms with Crippen molar-refractivity contribution in [2.45, 2.75) is 46.5 Å². The van der Waals surface area contributed by atoms with Gasteiger partial charge in [0, 0.05) is 24.1 Å². The van der Waals surface area contributed by atoms with Crippen molar-refractivity contribution in [2.75, 3.05) is 16.8 Å². The Morgan fingerprint density at radius 2 is 1.96 bits per heavy atom. The third kappa shape index (κ3) is 3.77. The maximum Gasteiger partial charge on any atom is 0.231 e. The van der Waals surface area contributed by atoms with Crippen LogP contribution in [0.1, 0.15) is 43.3 Å². The predicted molar refractivity (Wildman–Crippen MR) is 104 cm³/mol. The third-order valence-electron chi connectivity index (χ3n) is 4.59. The number of amides is 2. The zero-order chi connectivity index (χ0) is 19.1. The molecule has 1 atom stereocenters. The molecule has 6 nitrogen and oxygen atoms in total. The van der Waals surface area contributed by atoms with Gasteiger partial charge in [-0.1, -0.05) is 38.2 Å². The van der Waals surface area contributed by atoms with Gasteiger partial charge in [0.15, 0.2) is 0 Å². The largest absolute Gasteiger partial charge is 0.312 e. The number of nitrogens with zero attached hydrogens (tertiary/aromatic N) is 3. The fourth-order valence-electron chi connectivity index (χ4n) is 2.81. The molecule has 0 radical (unpaired) electrons. The number of rotatable bonds is 3. The minimum atomic E-state index is -0.383. The van der Waals surface area contributed by atoms with Gasteiger partial charge in [-0.05, 0) is 37.1 Å². The molecular formula is C19H24N4O2S. The fraction of sp³-hybridized carbons (Fsp3) is 0.474. The number of hydrogen-bond acceptors (Lipinski definition) is 5. The van der Waals surface area contributed by atoms with Gasteiger partial charge in [0.25, 0.3) is 0 Å². The van der Waals surface area contributed by atoms with Gasteiger partial charge in [-0.2, -0.15) is 0 Å². The van der Waals surface area contributed by atoms with Crippen LogP contribution in [0.3, 0.4) is 0 Å². The molecule has 0 spiro atoms. The Bertz CT molecular complexity index is 853. The Balaban J connectivity index is 1.69. The van der Waals surface area contributed by atoms with E-state index in [9.17, 15) is 9.59 Å². The molecular weight excluding hydrogens is 348 g/mol. The van der Waals surface area contributed by atoms with Crippen LogP contribution < -0.4 is 10.2 Å². The molecule has 1 aromatic heterocycles. The van der Waals surface area contributed by atoms with Crippen molar-refractivity contribution < 1.29 is 9.59 Å². The van der Waals surface area contributed by atoms with Crippen LogP contribution in [-0.2, 0) is 15.0 Å². The molecule has 0 bridgehead atoms. The minimum absolute atomic E-state index is 0.0268. The summed E-state index contributed by atoms with van der Waals surface area (Å²) < 4.78 is 0. The summed E-state index contributed by atoms with van der Waals surface area (Å²) in [5, 5.41) is 12.4. The van der Waals surface area contributed by atoms with E-state index in [4.69, 9.17) is 0 Å². The van der Waals surface area contributed by atoms with Gasteiger partial charge in [0.2, 0.25) is 16.9 Å². The SMILES string of the molecule is Cc1ccc(N2C[C@@H](C(=O)Nc3nnc(C(C)(C)C)s3)CC2=O)cc1C. The van der Waals surface area contributed by atoms with Crippen molar-refractivity contribution in [2.24, 2.45) is 5.92 Å². The summed E-state index contributed by atoms with van der Waals surface area (Å²) in [6.07, 6.45) is 0.212. The summed E-state index contributed by atoms with van der Waals surface area (Å²) in [5.74, 6) is -0.589. The van der Waals surface area contributed by atoms with E-state index in [0.29, 0.717) is 11.7 Å². The van der Waals surface area contributed by atoms with Gasteiger partial charge in [0.1, 0.15) is 5.01 Å². The average molecular weight is 372 g/mol. The molecule has 1 aliphatic heterocycles. The van der Waals surface area contributed by atoms with Gasteiger partial charge < -0.3 is 10.2 Å². The number of nitrogens with one attached hydrogen (secondary N) is 1. The lowest BCUT2D eigenvalue weighted by molar-refractivity contribution is -0.122. The molecule has 1 aromatic carbocycles. The molecule has 1 saturated heterocycles. The van der Waals surface area contributed by atoms with Crippen LogP contribution in [0.4, 0.5) is 10.8 Å². The Morgan fingerprint density at radius 3 is 2.58 bits per heavy atom. The van der Waals surface area contributed by atoms with E-state index >= 15 is 0 Å². The standard InChI is InChI=1S/C19H24N4O2S/c1-11-6-7-14(8-12(11)2)23-10-13(9-15(23)24)16(25)20-18-22-21-17(26-18)19(3,4)5/h6-8,13H,9-10H2,1-5H3,(H,20,22,25)/t13-/m0/s1. The Kier molecular flexibility index (Phi) is 4.84. The van der Waals surface area contributed by atoms with Gasteiger partial charge in [-0.3, -0.25) is 9.59 Å². The lowest BCUT2D eigenvalue weighted by Crippen LogP contribution is -2.28. The minimum Gasteiger partial charge on any atom is -0.312 e. The normalized spacial score (nSPS) is 17.7. The first-order valence-corrected chi connectivity index (χ1v) is 9.49. The highest BCUT2D eigenvalue weighted by molar-refractivity contribution is 7.15. The van der Waals surface area contributed by atoms with E-state index in [2.05, 4.69) is 36.3 Å². The summed E-state index contributed by atoms with van der Waals surface area (Å²) in [4.78, 5) is 26.7. The summed E-state index contributed by atoms with van der Waals surface area (Å²) in [6.45, 7) is 10.6. The molecule has 138 valence electrons. The molecule has 0 unspecified atom stereocenters. The molecule has 1 aliphatic rings. The van der Waals surface area contributed by atoms with Crippen molar-refractivity contribution in [3.05, 3.63) is 34.3 Å². The molecule has 7 heteroatoms. The lowest BCUT2D eigenvalue weighted by Gasteiger charge is -2.17. The zero-order valence-corrected chi connectivity index (χ0v) is 16.6. The van der Waals surface area contributed by atoms with Gasteiger partial charge >= 0.3 is 0 Å². The number of carbonyl (C=O) groups excluding carboxylic acids is 2.